The molecule has 0 unspecified atom stereocenters. The van der Waals surface area contributed by atoms with Crippen LogP contribution in [0.25, 0.3) is 0 Å². The number of aryl methyl sites for hydroxylation is 2. The lowest BCUT2D eigenvalue weighted by molar-refractivity contribution is 0.593. The predicted molar refractivity (Wildman–Crippen MR) is 78.9 cm³/mol. The second-order valence-corrected chi connectivity index (χ2v) is 6.38. The van der Waals surface area contributed by atoms with Crippen molar-refractivity contribution in [2.45, 2.75) is 31.7 Å². The standard InChI is InChI=1S/C13H17FN4O2S/c1-3-6-18-8-12(13(15)16-18)21(19,20)17-11-5-4-9(2)7-10(11)14/h4-5,7-8,17H,3,6H2,1-2H3,(H2,15,16). The van der Waals surface area contributed by atoms with Gasteiger partial charge in [0.25, 0.3) is 10.0 Å². The lowest BCUT2D eigenvalue weighted by Gasteiger charge is -2.08. The summed E-state index contributed by atoms with van der Waals surface area (Å²) >= 11 is 0. The van der Waals surface area contributed by atoms with Crippen LogP contribution in [0.15, 0.2) is 29.3 Å². The minimum Gasteiger partial charge on any atom is -0.381 e. The fourth-order valence-electron chi connectivity index (χ4n) is 1.87. The summed E-state index contributed by atoms with van der Waals surface area (Å²) in [4.78, 5) is -0.157. The van der Waals surface area contributed by atoms with Crippen molar-refractivity contribution < 1.29 is 12.8 Å². The molecular formula is C13H17FN4O2S. The van der Waals surface area contributed by atoms with Gasteiger partial charge in [-0.2, -0.15) is 5.10 Å². The average molecular weight is 312 g/mol. The van der Waals surface area contributed by atoms with Gasteiger partial charge in [-0.25, -0.2) is 12.8 Å². The molecule has 8 heteroatoms. The number of rotatable bonds is 5. The molecule has 3 N–H and O–H groups in total. The number of nitrogen functional groups attached to an aromatic ring is 1. The van der Waals surface area contributed by atoms with Crippen molar-refractivity contribution in [2.24, 2.45) is 0 Å². The Kier molecular flexibility index (Phi) is 4.17. The Hall–Kier alpha value is -2.09. The van der Waals surface area contributed by atoms with Crippen LogP contribution in [0.3, 0.4) is 0 Å². The summed E-state index contributed by atoms with van der Waals surface area (Å²) in [5.41, 5.74) is 6.21. The van der Waals surface area contributed by atoms with Gasteiger partial charge in [-0.05, 0) is 31.0 Å². The smallest absolute Gasteiger partial charge is 0.267 e. The van der Waals surface area contributed by atoms with Crippen LogP contribution in [0.5, 0.6) is 0 Å². The van der Waals surface area contributed by atoms with E-state index >= 15 is 0 Å². The molecule has 0 saturated carbocycles. The fourth-order valence-corrected chi connectivity index (χ4v) is 3.01. The highest BCUT2D eigenvalue weighted by atomic mass is 32.2. The molecular weight excluding hydrogens is 295 g/mol. The van der Waals surface area contributed by atoms with E-state index in [0.717, 1.165) is 6.42 Å². The van der Waals surface area contributed by atoms with Gasteiger partial charge in [0.1, 0.15) is 10.7 Å². The number of nitrogens with two attached hydrogens (primary N) is 1. The summed E-state index contributed by atoms with van der Waals surface area (Å²) in [7, 11) is -3.98. The van der Waals surface area contributed by atoms with Gasteiger partial charge in [0.15, 0.2) is 5.82 Å². The molecule has 1 heterocycles. The van der Waals surface area contributed by atoms with E-state index in [-0.39, 0.29) is 16.4 Å². The normalized spacial score (nSPS) is 11.6. The van der Waals surface area contributed by atoms with Crippen LogP contribution in [-0.4, -0.2) is 18.2 Å². The number of anilines is 2. The summed E-state index contributed by atoms with van der Waals surface area (Å²) < 4.78 is 41.9. The lowest BCUT2D eigenvalue weighted by Crippen LogP contribution is -2.15. The van der Waals surface area contributed by atoms with Gasteiger partial charge in [-0.15, -0.1) is 0 Å². The van der Waals surface area contributed by atoms with Gasteiger partial charge >= 0.3 is 0 Å². The SMILES string of the molecule is CCCn1cc(S(=O)(=O)Nc2ccc(C)cc2F)c(N)n1. The second kappa shape index (κ2) is 5.72. The zero-order valence-corrected chi connectivity index (χ0v) is 12.6. The van der Waals surface area contributed by atoms with E-state index in [1.807, 2.05) is 6.92 Å². The maximum absolute atomic E-state index is 13.7. The van der Waals surface area contributed by atoms with Crippen LogP contribution < -0.4 is 10.5 Å². The number of sulfonamides is 1. The Bertz CT molecular complexity index is 756. The van der Waals surface area contributed by atoms with E-state index in [2.05, 4.69) is 9.82 Å². The minimum absolute atomic E-state index is 0.108. The predicted octanol–water partition coefficient (Wildman–Crippen LogP) is 2.12. The summed E-state index contributed by atoms with van der Waals surface area (Å²) in [5.74, 6) is -0.749. The van der Waals surface area contributed by atoms with E-state index in [1.54, 1.807) is 13.0 Å². The van der Waals surface area contributed by atoms with Gasteiger partial charge in [-0.1, -0.05) is 13.0 Å². The van der Waals surface area contributed by atoms with Gasteiger partial charge in [0.2, 0.25) is 0 Å². The topological polar surface area (TPSA) is 90.0 Å². The summed E-state index contributed by atoms with van der Waals surface area (Å²) in [6, 6.07) is 4.24. The van der Waals surface area contributed by atoms with E-state index in [0.29, 0.717) is 12.1 Å². The number of hydrogen-bond donors (Lipinski definition) is 2. The van der Waals surface area contributed by atoms with E-state index in [1.165, 1.54) is 23.0 Å². The van der Waals surface area contributed by atoms with Crippen LogP contribution in [-0.2, 0) is 16.6 Å². The molecule has 0 aliphatic heterocycles. The highest BCUT2D eigenvalue weighted by Crippen LogP contribution is 2.23. The molecule has 1 aromatic heterocycles. The van der Waals surface area contributed by atoms with E-state index in [4.69, 9.17) is 5.73 Å². The van der Waals surface area contributed by atoms with Gasteiger partial charge in [0.05, 0.1) is 5.69 Å². The molecule has 21 heavy (non-hydrogen) atoms. The summed E-state index contributed by atoms with van der Waals surface area (Å²) in [6.07, 6.45) is 2.13. The second-order valence-electron chi connectivity index (χ2n) is 4.73. The molecule has 0 aliphatic rings. The third-order valence-corrected chi connectivity index (χ3v) is 4.25. The Morgan fingerprint density at radius 2 is 2.14 bits per heavy atom. The minimum atomic E-state index is -3.98. The van der Waals surface area contributed by atoms with Crippen molar-refractivity contribution >= 4 is 21.5 Å². The van der Waals surface area contributed by atoms with Gasteiger partial charge in [0, 0.05) is 12.7 Å². The number of hydrogen-bond acceptors (Lipinski definition) is 4. The van der Waals surface area contributed by atoms with Crippen LogP contribution in [0.4, 0.5) is 15.9 Å². The van der Waals surface area contributed by atoms with Crippen molar-refractivity contribution in [2.75, 3.05) is 10.5 Å². The van der Waals surface area contributed by atoms with Crippen molar-refractivity contribution in [1.82, 2.24) is 9.78 Å². The maximum atomic E-state index is 13.7. The molecule has 0 saturated heterocycles. The molecule has 0 atom stereocenters. The lowest BCUT2D eigenvalue weighted by atomic mass is 10.2. The first-order chi connectivity index (χ1) is 9.83. The molecule has 0 aliphatic carbocycles. The van der Waals surface area contributed by atoms with Crippen molar-refractivity contribution in [1.29, 1.82) is 0 Å². The first kappa shape index (κ1) is 15.3. The number of nitrogens with zero attached hydrogens (tertiary/aromatic N) is 2. The van der Waals surface area contributed by atoms with E-state index < -0.39 is 15.8 Å². The molecule has 0 fully saturated rings. The number of halogens is 1. The quantitative estimate of drug-likeness (QED) is 0.885. The zero-order chi connectivity index (χ0) is 15.6. The summed E-state index contributed by atoms with van der Waals surface area (Å²) in [5, 5.41) is 3.93. The molecule has 1 aromatic carbocycles. The summed E-state index contributed by atoms with van der Waals surface area (Å²) in [6.45, 7) is 4.21. The van der Waals surface area contributed by atoms with Crippen LogP contribution in [0, 0.1) is 12.7 Å². The molecule has 0 amide bonds. The number of nitrogens with one attached hydrogen (secondary N) is 1. The molecule has 6 nitrogen and oxygen atoms in total. The Morgan fingerprint density at radius 1 is 1.43 bits per heavy atom. The molecule has 2 aromatic rings. The highest BCUT2D eigenvalue weighted by Gasteiger charge is 2.22. The molecule has 114 valence electrons. The largest absolute Gasteiger partial charge is 0.381 e. The first-order valence-corrected chi connectivity index (χ1v) is 7.93. The fraction of sp³-hybridized carbons (Fsp3) is 0.308. The van der Waals surface area contributed by atoms with Crippen LogP contribution >= 0.6 is 0 Å². The Labute approximate surface area is 122 Å². The van der Waals surface area contributed by atoms with E-state index in [9.17, 15) is 12.8 Å². The monoisotopic (exact) mass is 312 g/mol. The third-order valence-electron chi connectivity index (χ3n) is 2.87. The highest BCUT2D eigenvalue weighted by molar-refractivity contribution is 7.92. The van der Waals surface area contributed by atoms with Crippen molar-refractivity contribution in [3.63, 3.8) is 0 Å². The van der Waals surface area contributed by atoms with Crippen LogP contribution in [0.1, 0.15) is 18.9 Å². The number of aromatic nitrogens is 2. The third kappa shape index (κ3) is 3.33. The average Bonchev–Trinajstić information content (AvgIpc) is 2.75. The van der Waals surface area contributed by atoms with Crippen molar-refractivity contribution in [3.05, 3.63) is 35.8 Å². The maximum Gasteiger partial charge on any atom is 0.267 e. The van der Waals surface area contributed by atoms with Crippen LogP contribution in [0.2, 0.25) is 0 Å². The first-order valence-electron chi connectivity index (χ1n) is 6.45. The Balaban J connectivity index is 2.34. The molecule has 0 radical (unpaired) electrons. The number of benzene rings is 1. The molecule has 0 spiro atoms. The molecule has 0 bridgehead atoms. The molecule has 2 rings (SSSR count). The van der Waals surface area contributed by atoms with Crippen molar-refractivity contribution in [3.8, 4) is 0 Å². The Morgan fingerprint density at radius 3 is 2.76 bits per heavy atom. The zero-order valence-electron chi connectivity index (χ0n) is 11.8. The van der Waals surface area contributed by atoms with Gasteiger partial charge in [-0.3, -0.25) is 9.40 Å². The van der Waals surface area contributed by atoms with Gasteiger partial charge < -0.3 is 5.73 Å².